The third-order valence-corrected chi connectivity index (χ3v) is 2.19. The maximum Gasteiger partial charge on any atom is 0.238 e. The average molecular weight is 215 g/mol. The molecule has 0 amide bonds. The number of nitrogens with zero attached hydrogens (tertiary/aromatic N) is 5. The van der Waals surface area contributed by atoms with Crippen LogP contribution in [0.1, 0.15) is 20.8 Å². The van der Waals surface area contributed by atoms with E-state index in [2.05, 4.69) is 20.0 Å². The molecule has 5 heteroatoms. The zero-order valence-corrected chi connectivity index (χ0v) is 9.55. The summed E-state index contributed by atoms with van der Waals surface area (Å²) in [6.45, 7) is 6.00. The standard InChI is InChI=1S/C9H7N5.C2H6/c1-6-4-11-9-13-5-12-8-10-3-2-7(6)14(8)9;1-2/h2-5H,1H3;1-2H3. The molecule has 3 rings (SSSR count). The smallest absolute Gasteiger partial charge is 0.238 e. The van der Waals surface area contributed by atoms with Gasteiger partial charge in [0.2, 0.25) is 11.9 Å². The molecule has 82 valence electrons. The van der Waals surface area contributed by atoms with Crippen LogP contribution < -0.4 is 0 Å². The molecule has 0 unspecified atom stereocenters. The Morgan fingerprint density at radius 2 is 1.81 bits per heavy atom. The molecule has 0 aromatic rings. The first kappa shape index (κ1) is 10.5. The van der Waals surface area contributed by atoms with Crippen LogP contribution in [0.2, 0.25) is 0 Å². The third-order valence-electron chi connectivity index (χ3n) is 2.19. The Morgan fingerprint density at radius 1 is 1.06 bits per heavy atom. The van der Waals surface area contributed by atoms with Gasteiger partial charge in [-0.15, -0.1) is 0 Å². The molecule has 0 aromatic carbocycles. The van der Waals surface area contributed by atoms with Gasteiger partial charge < -0.3 is 0 Å². The van der Waals surface area contributed by atoms with Crippen LogP contribution in [0.25, 0.3) is 0 Å². The maximum atomic E-state index is 4.20. The van der Waals surface area contributed by atoms with Crippen molar-refractivity contribution in [3.63, 3.8) is 0 Å². The maximum absolute atomic E-state index is 4.20. The number of hydrogen-bond donors (Lipinski definition) is 0. The van der Waals surface area contributed by atoms with E-state index in [1.165, 1.54) is 6.34 Å². The molecule has 0 N–H and O–H groups in total. The van der Waals surface area contributed by atoms with E-state index < -0.39 is 0 Å². The summed E-state index contributed by atoms with van der Waals surface area (Å²) in [7, 11) is 0. The highest BCUT2D eigenvalue weighted by Crippen LogP contribution is 2.24. The Kier molecular flexibility index (Phi) is 2.76. The van der Waals surface area contributed by atoms with Crippen LogP contribution in [0.15, 0.2) is 43.5 Å². The second-order valence-electron chi connectivity index (χ2n) is 3.08. The van der Waals surface area contributed by atoms with Crippen LogP contribution >= 0.6 is 0 Å². The highest BCUT2D eigenvalue weighted by Gasteiger charge is 2.28. The molecule has 0 radical (unpaired) electrons. The van der Waals surface area contributed by atoms with Crippen molar-refractivity contribution in [2.75, 3.05) is 0 Å². The SMILES string of the molecule is CC.CC1=CN=C2N=CN=C3N=CC=C1N32. The van der Waals surface area contributed by atoms with Crippen molar-refractivity contribution >= 4 is 24.5 Å². The Morgan fingerprint density at radius 3 is 2.62 bits per heavy atom. The molecule has 0 aliphatic carbocycles. The molecule has 3 aliphatic rings. The van der Waals surface area contributed by atoms with E-state index in [-0.39, 0.29) is 0 Å². The lowest BCUT2D eigenvalue weighted by Crippen LogP contribution is -2.39. The van der Waals surface area contributed by atoms with Gasteiger partial charge in [0.05, 0.1) is 5.70 Å². The van der Waals surface area contributed by atoms with Crippen molar-refractivity contribution in [1.29, 1.82) is 0 Å². The van der Waals surface area contributed by atoms with Gasteiger partial charge in [-0.1, -0.05) is 13.8 Å². The zero-order valence-electron chi connectivity index (χ0n) is 9.55. The molecule has 3 aliphatic heterocycles. The molecular formula is C11H13N5. The highest BCUT2D eigenvalue weighted by molar-refractivity contribution is 6.13. The summed E-state index contributed by atoms with van der Waals surface area (Å²) in [5.41, 5.74) is 2.13. The van der Waals surface area contributed by atoms with Crippen molar-refractivity contribution in [3.05, 3.63) is 23.5 Å². The van der Waals surface area contributed by atoms with Gasteiger partial charge in [-0.2, -0.15) is 0 Å². The summed E-state index contributed by atoms with van der Waals surface area (Å²) < 4.78 is 0. The van der Waals surface area contributed by atoms with Gasteiger partial charge in [-0.25, -0.2) is 24.9 Å². The fourth-order valence-electron chi connectivity index (χ4n) is 1.51. The topological polar surface area (TPSA) is 52.7 Å². The van der Waals surface area contributed by atoms with Gasteiger partial charge in [-0.3, -0.25) is 0 Å². The number of allylic oxidation sites excluding steroid dienone is 2. The molecule has 0 spiro atoms. The molecule has 0 bridgehead atoms. The molecular weight excluding hydrogens is 202 g/mol. The van der Waals surface area contributed by atoms with Crippen LogP contribution in [-0.4, -0.2) is 29.4 Å². The fraction of sp³-hybridized carbons (Fsp3) is 0.273. The molecule has 0 saturated carbocycles. The van der Waals surface area contributed by atoms with E-state index in [0.29, 0.717) is 11.9 Å². The summed E-state index contributed by atoms with van der Waals surface area (Å²) in [6, 6.07) is 0. The minimum Gasteiger partial charge on any atom is -0.246 e. The van der Waals surface area contributed by atoms with Gasteiger partial charge in [-0.05, 0) is 18.6 Å². The van der Waals surface area contributed by atoms with Gasteiger partial charge >= 0.3 is 0 Å². The molecule has 0 saturated heterocycles. The quantitative estimate of drug-likeness (QED) is 0.609. The summed E-state index contributed by atoms with van der Waals surface area (Å²) in [5, 5.41) is 0. The second-order valence-corrected chi connectivity index (χ2v) is 3.08. The van der Waals surface area contributed by atoms with Gasteiger partial charge in [0, 0.05) is 12.4 Å². The first-order valence-corrected chi connectivity index (χ1v) is 5.26. The lowest BCUT2D eigenvalue weighted by Gasteiger charge is -2.30. The summed E-state index contributed by atoms with van der Waals surface area (Å²) in [5.74, 6) is 1.26. The first-order valence-electron chi connectivity index (χ1n) is 5.26. The Balaban J connectivity index is 0.000000457. The van der Waals surface area contributed by atoms with Crippen molar-refractivity contribution in [2.24, 2.45) is 20.0 Å². The van der Waals surface area contributed by atoms with Crippen molar-refractivity contribution < 1.29 is 0 Å². The van der Waals surface area contributed by atoms with E-state index in [9.17, 15) is 0 Å². The molecule has 0 aromatic heterocycles. The monoisotopic (exact) mass is 215 g/mol. The summed E-state index contributed by atoms with van der Waals surface area (Å²) in [6.07, 6.45) is 6.95. The van der Waals surface area contributed by atoms with Crippen molar-refractivity contribution in [1.82, 2.24) is 4.90 Å². The second kappa shape index (κ2) is 4.22. The third kappa shape index (κ3) is 1.50. The lowest BCUT2D eigenvalue weighted by molar-refractivity contribution is 0.719. The minimum atomic E-state index is 0.628. The number of guanidine groups is 2. The summed E-state index contributed by atoms with van der Waals surface area (Å²) >= 11 is 0. The van der Waals surface area contributed by atoms with Crippen molar-refractivity contribution in [3.8, 4) is 0 Å². The molecule has 3 heterocycles. The average Bonchev–Trinajstić information content (AvgIpc) is 2.37. The van der Waals surface area contributed by atoms with E-state index in [1.807, 2.05) is 31.7 Å². The molecule has 16 heavy (non-hydrogen) atoms. The number of aliphatic imine (C=N–C) groups is 4. The van der Waals surface area contributed by atoms with Gasteiger partial charge in [0.1, 0.15) is 6.34 Å². The van der Waals surface area contributed by atoms with Crippen molar-refractivity contribution in [2.45, 2.75) is 20.8 Å². The van der Waals surface area contributed by atoms with E-state index in [0.717, 1.165) is 11.3 Å². The molecule has 0 atom stereocenters. The first-order chi connectivity index (χ1) is 7.86. The van der Waals surface area contributed by atoms with E-state index >= 15 is 0 Å². The van der Waals surface area contributed by atoms with E-state index in [1.54, 1.807) is 12.4 Å². The minimum absolute atomic E-state index is 0.628. The highest BCUT2D eigenvalue weighted by atomic mass is 15.4. The van der Waals surface area contributed by atoms with Crippen LogP contribution in [0.4, 0.5) is 0 Å². The largest absolute Gasteiger partial charge is 0.246 e. The number of hydrogen-bond acceptors (Lipinski definition) is 5. The fourth-order valence-corrected chi connectivity index (χ4v) is 1.51. The van der Waals surface area contributed by atoms with E-state index in [4.69, 9.17) is 0 Å². The van der Waals surface area contributed by atoms with Gasteiger partial charge in [0.15, 0.2) is 0 Å². The normalized spacial score (nSPS) is 19.8. The summed E-state index contributed by atoms with van der Waals surface area (Å²) in [4.78, 5) is 18.3. The molecule has 5 nitrogen and oxygen atoms in total. The van der Waals surface area contributed by atoms with Crippen LogP contribution in [0.5, 0.6) is 0 Å². The molecule has 0 fully saturated rings. The number of rotatable bonds is 0. The zero-order chi connectivity index (χ0) is 11.5. The lowest BCUT2D eigenvalue weighted by atomic mass is 10.1. The Hall–Kier alpha value is -2.04. The van der Waals surface area contributed by atoms with Crippen LogP contribution in [0, 0.1) is 0 Å². The Labute approximate surface area is 94.3 Å². The Bertz CT molecular complexity index is 477. The predicted octanol–water partition coefficient (Wildman–Crippen LogP) is 1.95. The predicted molar refractivity (Wildman–Crippen MR) is 66.9 cm³/mol. The van der Waals surface area contributed by atoms with Crippen LogP contribution in [0.3, 0.4) is 0 Å². The van der Waals surface area contributed by atoms with Crippen LogP contribution in [-0.2, 0) is 0 Å². The van der Waals surface area contributed by atoms with Gasteiger partial charge in [0.25, 0.3) is 0 Å².